The molecular formula is C30H39N5O4. The van der Waals surface area contributed by atoms with E-state index in [0.717, 1.165) is 22.4 Å². The molecule has 0 aliphatic carbocycles. The largest absolute Gasteiger partial charge is 0.453 e. The van der Waals surface area contributed by atoms with Crippen molar-refractivity contribution in [1.29, 1.82) is 0 Å². The van der Waals surface area contributed by atoms with Crippen LogP contribution in [0, 0.1) is 5.41 Å². The fraction of sp³-hybridized carbons (Fsp3) is 0.367. The molecule has 0 aliphatic heterocycles. The maximum absolute atomic E-state index is 13.3. The molecule has 0 saturated carbocycles. The summed E-state index contributed by atoms with van der Waals surface area (Å²) in [6.45, 7) is 6.05. The first-order chi connectivity index (χ1) is 18.6. The quantitative estimate of drug-likeness (QED) is 0.220. The van der Waals surface area contributed by atoms with Crippen molar-refractivity contribution in [1.82, 2.24) is 20.6 Å². The lowest BCUT2D eigenvalue weighted by molar-refractivity contribution is -0.127. The summed E-state index contributed by atoms with van der Waals surface area (Å²) in [6, 6.07) is 21.8. The highest BCUT2D eigenvalue weighted by Gasteiger charge is 2.35. The molecule has 0 bridgehead atoms. The van der Waals surface area contributed by atoms with Crippen LogP contribution in [-0.4, -0.2) is 58.9 Å². The number of rotatable bonds is 11. The van der Waals surface area contributed by atoms with Gasteiger partial charge in [-0.2, -0.15) is 0 Å². The van der Waals surface area contributed by atoms with E-state index < -0.39 is 35.6 Å². The summed E-state index contributed by atoms with van der Waals surface area (Å²) in [5.74, 6) is 5.89. The van der Waals surface area contributed by atoms with Crippen molar-refractivity contribution in [3.05, 3.63) is 90.1 Å². The number of aromatic nitrogens is 1. The zero-order valence-electron chi connectivity index (χ0n) is 23.0. The Kier molecular flexibility index (Phi) is 10.6. The summed E-state index contributed by atoms with van der Waals surface area (Å²) in [5.41, 5.74) is 3.22. The number of ether oxygens (including phenoxy) is 1. The van der Waals surface area contributed by atoms with Crippen LogP contribution >= 0.6 is 0 Å². The highest BCUT2D eigenvalue weighted by molar-refractivity contribution is 5.86. The number of alkyl carbamates (subject to hydrolysis) is 1. The van der Waals surface area contributed by atoms with Crippen molar-refractivity contribution >= 4 is 12.0 Å². The third-order valence-corrected chi connectivity index (χ3v) is 6.39. The first-order valence-electron chi connectivity index (χ1n) is 12.9. The van der Waals surface area contributed by atoms with Crippen LogP contribution in [0.3, 0.4) is 0 Å². The molecule has 1 aromatic heterocycles. The third kappa shape index (κ3) is 9.17. The lowest BCUT2D eigenvalue weighted by Crippen LogP contribution is -2.58. The summed E-state index contributed by atoms with van der Waals surface area (Å²) in [6.07, 6.45) is 0.458. The zero-order chi connectivity index (χ0) is 28.4. The molecule has 0 aliphatic rings. The molecule has 39 heavy (non-hydrogen) atoms. The van der Waals surface area contributed by atoms with Gasteiger partial charge in [0.25, 0.3) is 0 Å². The molecule has 0 fully saturated rings. The number of aliphatic hydroxyl groups excluding tert-OH is 1. The summed E-state index contributed by atoms with van der Waals surface area (Å²) in [7, 11) is 1.25. The van der Waals surface area contributed by atoms with Gasteiger partial charge in [0.2, 0.25) is 5.91 Å². The van der Waals surface area contributed by atoms with Crippen molar-refractivity contribution in [3.63, 3.8) is 0 Å². The molecule has 3 rings (SSSR count). The number of nitrogens with one attached hydrogen (secondary N) is 2. The standard InChI is InChI=1S/C30H39N5O4/c1-30(2,3)27(34-29(38)39-4)28(37)33-25(18-21-10-6-5-7-11-21)26(36)20-35(31)19-22-13-15-23(16-14-22)24-12-8-9-17-32-24/h5-17,25-27,36H,18-20,31H2,1-4H3,(H,33,37)(H,34,38). The van der Waals surface area contributed by atoms with E-state index in [2.05, 4.69) is 15.6 Å². The van der Waals surface area contributed by atoms with E-state index >= 15 is 0 Å². The third-order valence-electron chi connectivity index (χ3n) is 6.39. The second kappa shape index (κ2) is 13.8. The fourth-order valence-corrected chi connectivity index (χ4v) is 4.25. The van der Waals surface area contributed by atoms with Gasteiger partial charge in [0.05, 0.1) is 24.9 Å². The Morgan fingerprint density at radius 1 is 0.974 bits per heavy atom. The van der Waals surface area contributed by atoms with Crippen LogP contribution in [0.25, 0.3) is 11.3 Å². The number of aliphatic hydroxyl groups is 1. The van der Waals surface area contributed by atoms with Crippen LogP contribution < -0.4 is 16.5 Å². The Morgan fingerprint density at radius 3 is 2.23 bits per heavy atom. The number of methoxy groups -OCH3 is 1. The number of amides is 2. The van der Waals surface area contributed by atoms with Gasteiger partial charge in [-0.25, -0.2) is 9.80 Å². The van der Waals surface area contributed by atoms with Crippen LogP contribution in [-0.2, 0) is 22.5 Å². The topological polar surface area (TPSA) is 130 Å². The molecule has 0 radical (unpaired) electrons. The van der Waals surface area contributed by atoms with Gasteiger partial charge in [0.15, 0.2) is 0 Å². The summed E-state index contributed by atoms with van der Waals surface area (Å²) in [5, 5.41) is 18.3. The van der Waals surface area contributed by atoms with Crippen LogP contribution in [0.1, 0.15) is 31.9 Å². The normalized spacial score (nSPS) is 13.8. The van der Waals surface area contributed by atoms with E-state index in [0.29, 0.717) is 13.0 Å². The molecule has 9 heteroatoms. The highest BCUT2D eigenvalue weighted by atomic mass is 16.5. The molecule has 1 heterocycles. The summed E-state index contributed by atoms with van der Waals surface area (Å²) in [4.78, 5) is 29.6. The number of pyridine rings is 1. The maximum Gasteiger partial charge on any atom is 0.407 e. The average molecular weight is 534 g/mol. The number of carbonyl (C=O) groups is 2. The molecule has 208 valence electrons. The Hall–Kier alpha value is -3.79. The molecule has 3 aromatic rings. The molecule has 5 N–H and O–H groups in total. The van der Waals surface area contributed by atoms with Gasteiger partial charge in [-0.15, -0.1) is 0 Å². The van der Waals surface area contributed by atoms with Crippen molar-refractivity contribution in [2.45, 2.75) is 51.9 Å². The van der Waals surface area contributed by atoms with Gasteiger partial charge < -0.3 is 20.5 Å². The van der Waals surface area contributed by atoms with Gasteiger partial charge in [-0.1, -0.05) is 81.4 Å². The Labute approximate surface area is 230 Å². The molecule has 3 unspecified atom stereocenters. The predicted molar refractivity (Wildman–Crippen MR) is 151 cm³/mol. The first kappa shape index (κ1) is 29.8. The first-order valence-corrected chi connectivity index (χ1v) is 12.9. The van der Waals surface area contributed by atoms with Gasteiger partial charge >= 0.3 is 6.09 Å². The lowest BCUT2D eigenvalue weighted by Gasteiger charge is -2.33. The van der Waals surface area contributed by atoms with Gasteiger partial charge in [0.1, 0.15) is 6.04 Å². The Bertz CT molecular complexity index is 1180. The number of hydrogen-bond acceptors (Lipinski definition) is 7. The lowest BCUT2D eigenvalue weighted by atomic mass is 9.85. The summed E-state index contributed by atoms with van der Waals surface area (Å²) >= 11 is 0. The molecule has 2 amide bonds. The Balaban J connectivity index is 1.70. The second-order valence-electron chi connectivity index (χ2n) is 10.6. The van der Waals surface area contributed by atoms with Gasteiger partial charge in [-0.3, -0.25) is 15.6 Å². The van der Waals surface area contributed by atoms with E-state index in [1.54, 1.807) is 6.20 Å². The van der Waals surface area contributed by atoms with E-state index in [1.165, 1.54) is 12.1 Å². The minimum atomic E-state index is -0.981. The van der Waals surface area contributed by atoms with E-state index in [-0.39, 0.29) is 6.54 Å². The number of carbonyl (C=O) groups excluding carboxylic acids is 2. The number of hydrazine groups is 1. The van der Waals surface area contributed by atoms with Gasteiger partial charge in [0, 0.05) is 24.8 Å². The van der Waals surface area contributed by atoms with Crippen LogP contribution in [0.15, 0.2) is 79.0 Å². The number of hydrogen-bond donors (Lipinski definition) is 4. The van der Waals surface area contributed by atoms with Crippen molar-refractivity contribution in [2.75, 3.05) is 13.7 Å². The summed E-state index contributed by atoms with van der Waals surface area (Å²) < 4.78 is 4.71. The van der Waals surface area contributed by atoms with Crippen LogP contribution in [0.4, 0.5) is 4.79 Å². The average Bonchev–Trinajstić information content (AvgIpc) is 2.91. The van der Waals surface area contributed by atoms with Crippen molar-refractivity contribution in [2.24, 2.45) is 11.3 Å². The smallest absolute Gasteiger partial charge is 0.407 e. The monoisotopic (exact) mass is 533 g/mol. The van der Waals surface area contributed by atoms with E-state index in [9.17, 15) is 14.7 Å². The van der Waals surface area contributed by atoms with Crippen molar-refractivity contribution < 1.29 is 19.4 Å². The molecular weight excluding hydrogens is 494 g/mol. The zero-order valence-corrected chi connectivity index (χ0v) is 23.0. The maximum atomic E-state index is 13.3. The molecule has 0 saturated heterocycles. The van der Waals surface area contributed by atoms with E-state index in [4.69, 9.17) is 10.6 Å². The number of benzene rings is 2. The molecule has 3 atom stereocenters. The second-order valence-corrected chi connectivity index (χ2v) is 10.6. The molecule has 9 nitrogen and oxygen atoms in total. The Morgan fingerprint density at radius 2 is 1.64 bits per heavy atom. The van der Waals surface area contributed by atoms with Gasteiger partial charge in [-0.05, 0) is 35.1 Å². The predicted octanol–water partition coefficient (Wildman–Crippen LogP) is 3.28. The van der Waals surface area contributed by atoms with E-state index in [1.807, 2.05) is 93.6 Å². The number of nitrogens with zero attached hydrogens (tertiary/aromatic N) is 2. The SMILES string of the molecule is COC(=O)NC(C(=O)NC(Cc1ccccc1)C(O)CN(N)Cc1ccc(-c2ccccn2)cc1)C(C)(C)C. The van der Waals surface area contributed by atoms with Crippen molar-refractivity contribution in [3.8, 4) is 11.3 Å². The fourth-order valence-electron chi connectivity index (χ4n) is 4.25. The minimum absolute atomic E-state index is 0.115. The minimum Gasteiger partial charge on any atom is -0.453 e. The molecule has 2 aromatic carbocycles. The molecule has 0 spiro atoms. The highest BCUT2D eigenvalue weighted by Crippen LogP contribution is 2.21. The van der Waals surface area contributed by atoms with Crippen LogP contribution in [0.5, 0.6) is 0 Å². The van der Waals surface area contributed by atoms with Crippen LogP contribution in [0.2, 0.25) is 0 Å². The number of nitrogens with two attached hydrogens (primary N) is 1.